The van der Waals surface area contributed by atoms with Crippen LogP contribution in [0, 0.1) is 0 Å². The predicted molar refractivity (Wildman–Crippen MR) is 163 cm³/mol. The Morgan fingerprint density at radius 2 is 1.73 bits per heavy atom. The van der Waals surface area contributed by atoms with Gasteiger partial charge in [-0.05, 0) is 77.8 Å². The van der Waals surface area contributed by atoms with Gasteiger partial charge in [0.2, 0.25) is 0 Å². The van der Waals surface area contributed by atoms with Gasteiger partial charge in [0.1, 0.15) is 5.75 Å². The third-order valence-electron chi connectivity index (χ3n) is 7.54. The highest BCUT2D eigenvalue weighted by Gasteiger charge is 2.44. The fraction of sp³-hybridized carbons (Fsp3) is 0.229. The van der Waals surface area contributed by atoms with Crippen LogP contribution in [0.15, 0.2) is 97.1 Å². The topological polar surface area (TPSA) is 58.6 Å². The van der Waals surface area contributed by atoms with Crippen LogP contribution in [0.2, 0.25) is 5.02 Å². The zero-order chi connectivity index (χ0) is 31.3. The van der Waals surface area contributed by atoms with E-state index in [2.05, 4.69) is 10.1 Å². The Morgan fingerprint density at radius 3 is 2.48 bits per heavy atom. The van der Waals surface area contributed by atoms with E-state index in [0.29, 0.717) is 21.7 Å². The average molecular weight is 624 g/mol. The van der Waals surface area contributed by atoms with Gasteiger partial charge in [0, 0.05) is 16.1 Å². The number of halogens is 5. The van der Waals surface area contributed by atoms with Gasteiger partial charge in [-0.3, -0.25) is 4.79 Å². The lowest BCUT2D eigenvalue weighted by atomic mass is 9.93. The van der Waals surface area contributed by atoms with Gasteiger partial charge in [-0.1, -0.05) is 90.5 Å². The van der Waals surface area contributed by atoms with Crippen LogP contribution >= 0.6 is 11.6 Å². The number of benzene rings is 4. The summed E-state index contributed by atoms with van der Waals surface area (Å²) in [5.74, 6) is -0.878. The Bertz CT molecular complexity index is 1640. The van der Waals surface area contributed by atoms with Crippen LogP contribution in [0.5, 0.6) is 5.75 Å². The van der Waals surface area contributed by atoms with Crippen LogP contribution < -0.4 is 10.1 Å². The largest absolute Gasteiger partial charge is 0.461 e. The van der Waals surface area contributed by atoms with E-state index in [4.69, 9.17) is 11.6 Å². The molecule has 0 aliphatic heterocycles. The summed E-state index contributed by atoms with van der Waals surface area (Å²) >= 11 is 6.35. The maximum Gasteiger partial charge on any atom is 0.461 e. The lowest BCUT2D eigenvalue weighted by molar-refractivity contribution is -0.253. The van der Waals surface area contributed by atoms with Crippen molar-refractivity contribution in [1.82, 2.24) is 5.32 Å². The third kappa shape index (κ3) is 7.31. The van der Waals surface area contributed by atoms with E-state index < -0.39 is 36.3 Å². The first kappa shape index (κ1) is 31.3. The van der Waals surface area contributed by atoms with E-state index in [0.717, 1.165) is 47.6 Å². The summed E-state index contributed by atoms with van der Waals surface area (Å²) in [4.78, 5) is 13.7. The van der Waals surface area contributed by atoms with Gasteiger partial charge in [0.25, 0.3) is 5.91 Å². The number of hydrogen-bond acceptors (Lipinski definition) is 3. The minimum atomic E-state index is -4.67. The molecule has 4 aromatic rings. The minimum absolute atomic E-state index is 0.0124. The quantitative estimate of drug-likeness (QED) is 0.174. The molecule has 44 heavy (non-hydrogen) atoms. The summed E-state index contributed by atoms with van der Waals surface area (Å²) in [7, 11) is 0. The molecule has 1 aliphatic carbocycles. The summed E-state index contributed by atoms with van der Waals surface area (Å²) in [5, 5.41) is 15.1. The first-order valence-corrected chi connectivity index (χ1v) is 14.6. The number of alkyl halides is 4. The molecule has 4 aromatic carbocycles. The van der Waals surface area contributed by atoms with Gasteiger partial charge in [-0.15, -0.1) is 0 Å². The lowest BCUT2D eigenvalue weighted by Gasteiger charge is -2.26. The van der Waals surface area contributed by atoms with E-state index >= 15 is 0 Å². The number of hydrogen-bond donors (Lipinski definition) is 2. The molecule has 0 heterocycles. The molecule has 2 atom stereocenters. The van der Waals surface area contributed by atoms with Crippen LogP contribution in [0.1, 0.15) is 51.6 Å². The monoisotopic (exact) mass is 623 g/mol. The summed E-state index contributed by atoms with van der Waals surface area (Å²) < 4.78 is 57.0. The Kier molecular flexibility index (Phi) is 9.71. The summed E-state index contributed by atoms with van der Waals surface area (Å²) in [6, 6.07) is 24.3. The van der Waals surface area contributed by atoms with Gasteiger partial charge in [-0.2, -0.15) is 17.6 Å². The normalized spacial score (nSPS) is 14.4. The zero-order valence-corrected chi connectivity index (χ0v) is 24.3. The number of amides is 1. The number of carbonyl (C=O) groups excluding carboxylic acids is 1. The lowest BCUT2D eigenvalue weighted by Crippen LogP contribution is -2.41. The van der Waals surface area contributed by atoms with E-state index in [1.165, 1.54) is 12.1 Å². The predicted octanol–water partition coefficient (Wildman–Crippen LogP) is 8.67. The highest BCUT2D eigenvalue weighted by molar-refractivity contribution is 6.33. The van der Waals surface area contributed by atoms with Crippen LogP contribution in [0.25, 0.3) is 17.2 Å². The molecule has 0 radical (unpaired) electrons. The Balaban J connectivity index is 1.45. The molecule has 0 bridgehead atoms. The third-order valence-corrected chi connectivity index (χ3v) is 7.87. The molecule has 0 fully saturated rings. The number of nitrogens with one attached hydrogen (secondary N) is 1. The van der Waals surface area contributed by atoms with Crippen molar-refractivity contribution >= 4 is 23.6 Å². The molecular formula is C35H30ClF4NO3. The highest BCUT2D eigenvalue weighted by atomic mass is 35.5. The van der Waals surface area contributed by atoms with E-state index in [9.17, 15) is 27.5 Å². The molecule has 2 N–H and O–H groups in total. The van der Waals surface area contributed by atoms with Gasteiger partial charge >= 0.3 is 12.5 Å². The van der Waals surface area contributed by atoms with Crippen molar-refractivity contribution in [2.75, 3.05) is 0 Å². The molecule has 1 aliphatic rings. The molecule has 1 amide bonds. The number of aliphatic hydroxyl groups excluding tert-OH is 1. The van der Waals surface area contributed by atoms with Crippen molar-refractivity contribution in [3.8, 4) is 16.9 Å². The van der Waals surface area contributed by atoms with Crippen molar-refractivity contribution < 1.29 is 32.2 Å². The van der Waals surface area contributed by atoms with E-state index in [1.807, 2.05) is 42.5 Å². The summed E-state index contributed by atoms with van der Waals surface area (Å²) in [6.45, 7) is 0. The van der Waals surface area contributed by atoms with Crippen molar-refractivity contribution in [2.24, 2.45) is 0 Å². The number of rotatable bonds is 10. The van der Waals surface area contributed by atoms with Gasteiger partial charge < -0.3 is 15.2 Å². The Morgan fingerprint density at radius 1 is 0.977 bits per heavy atom. The van der Waals surface area contributed by atoms with Gasteiger partial charge in [0.15, 0.2) is 0 Å². The SMILES string of the molecule is O=C(NC(Cc1cccc(OC(F)(F)C(F)F)c1)C(O)c1ccc(-c2ccccc2Cl)cc1)c1cccc2c1C=CCCC2. The number of carbonyl (C=O) groups is 1. The van der Waals surface area contributed by atoms with Crippen molar-refractivity contribution in [1.29, 1.82) is 0 Å². The van der Waals surface area contributed by atoms with Crippen molar-refractivity contribution in [3.05, 3.63) is 130 Å². The zero-order valence-electron chi connectivity index (χ0n) is 23.5. The number of aryl methyl sites for hydroxylation is 1. The molecule has 2 unspecified atom stereocenters. The van der Waals surface area contributed by atoms with Gasteiger partial charge in [0.05, 0.1) is 12.1 Å². The first-order valence-electron chi connectivity index (χ1n) is 14.2. The van der Waals surface area contributed by atoms with Gasteiger partial charge in [-0.25, -0.2) is 0 Å². The average Bonchev–Trinajstić information content (AvgIpc) is 3.26. The molecule has 0 aromatic heterocycles. The summed E-state index contributed by atoms with van der Waals surface area (Å²) in [6.07, 6.45) is -3.28. The Labute approximate surface area is 258 Å². The standard InChI is InChI=1S/C35H30ClF4NO3/c36-30-15-5-4-13-28(30)24-16-18-25(19-17-24)32(42)31(21-22-8-6-11-26(20-22)44-35(39,40)34(37)38)41-33(43)29-14-7-10-23-9-2-1-3-12-27(23)29/h3-8,10-20,31-32,34,42H,1-2,9,21H2,(H,41,43). The van der Waals surface area contributed by atoms with E-state index in [-0.39, 0.29) is 6.42 Å². The number of fused-ring (bicyclic) bond motifs is 1. The van der Waals surface area contributed by atoms with E-state index in [1.54, 1.807) is 42.5 Å². The fourth-order valence-corrected chi connectivity index (χ4v) is 5.55. The van der Waals surface area contributed by atoms with Crippen molar-refractivity contribution in [3.63, 3.8) is 0 Å². The van der Waals surface area contributed by atoms with Crippen LogP contribution in [-0.2, 0) is 12.8 Å². The van der Waals surface area contributed by atoms with Crippen LogP contribution in [0.3, 0.4) is 0 Å². The minimum Gasteiger partial charge on any atom is -0.428 e. The number of allylic oxidation sites excluding steroid dienone is 1. The maximum absolute atomic E-state index is 13.7. The molecule has 4 nitrogen and oxygen atoms in total. The number of ether oxygens (including phenoxy) is 1. The molecule has 9 heteroatoms. The molecule has 0 saturated carbocycles. The van der Waals surface area contributed by atoms with Crippen LogP contribution in [-0.4, -0.2) is 29.6 Å². The first-order chi connectivity index (χ1) is 21.1. The Hall–Kier alpha value is -4.14. The van der Waals surface area contributed by atoms with Crippen molar-refractivity contribution in [2.45, 2.75) is 50.4 Å². The smallest absolute Gasteiger partial charge is 0.428 e. The maximum atomic E-state index is 13.7. The summed E-state index contributed by atoms with van der Waals surface area (Å²) in [5.41, 5.74) is 4.82. The fourth-order valence-electron chi connectivity index (χ4n) is 5.30. The molecule has 228 valence electrons. The second-order valence-electron chi connectivity index (χ2n) is 10.6. The second-order valence-corrected chi connectivity index (χ2v) is 11.0. The highest BCUT2D eigenvalue weighted by Crippen LogP contribution is 2.32. The molecular weight excluding hydrogens is 594 g/mol. The molecule has 5 rings (SSSR count). The second kappa shape index (κ2) is 13.7. The van der Waals surface area contributed by atoms with Crippen LogP contribution in [0.4, 0.5) is 17.6 Å². The molecule has 0 spiro atoms. The number of aliphatic hydroxyl groups is 1. The molecule has 0 saturated heterocycles.